The maximum absolute atomic E-state index is 12.7. The number of carbonyl (C=O) groups is 1. The third-order valence-electron chi connectivity index (χ3n) is 4.60. The van der Waals surface area contributed by atoms with Crippen LogP contribution in [0.3, 0.4) is 0 Å². The molecule has 0 unspecified atom stereocenters. The molecule has 0 fully saturated rings. The Morgan fingerprint density at radius 3 is 2.75 bits per heavy atom. The molecule has 0 saturated heterocycles. The van der Waals surface area contributed by atoms with Crippen molar-refractivity contribution >= 4 is 32.9 Å². The van der Waals surface area contributed by atoms with Crippen molar-refractivity contribution in [3.63, 3.8) is 0 Å². The van der Waals surface area contributed by atoms with Gasteiger partial charge in [0, 0.05) is 30.5 Å². The van der Waals surface area contributed by atoms with E-state index < -0.39 is 0 Å². The highest BCUT2D eigenvalue weighted by atomic mass is 79.9. The fourth-order valence-corrected chi connectivity index (χ4v) is 3.68. The van der Waals surface area contributed by atoms with Crippen molar-refractivity contribution in [3.8, 4) is 0 Å². The fraction of sp³-hybridized carbons (Fsp3) is 0.136. The predicted octanol–water partition coefficient (Wildman–Crippen LogP) is 4.51. The Balaban J connectivity index is 1.67. The molecule has 2 aromatic carbocycles. The van der Waals surface area contributed by atoms with Crippen molar-refractivity contribution in [2.75, 3.05) is 7.05 Å². The number of para-hydroxylation sites is 2. The average Bonchev–Trinajstić information content (AvgIpc) is 3.05. The molecule has 0 aliphatic heterocycles. The molecule has 0 atom stereocenters. The van der Waals surface area contributed by atoms with E-state index in [1.165, 1.54) is 5.56 Å². The Kier molecular flexibility index (Phi) is 5.21. The van der Waals surface area contributed by atoms with Crippen molar-refractivity contribution in [2.45, 2.75) is 13.1 Å². The number of aromatic nitrogens is 3. The molecule has 0 saturated carbocycles. The SMILES string of the molecule is CN(Cc1nc2ccccc2n1Cc1cccc(Br)c1)C(=O)c1cccnc1. The summed E-state index contributed by atoms with van der Waals surface area (Å²) in [7, 11) is 1.79. The van der Waals surface area contributed by atoms with Gasteiger partial charge in [-0.25, -0.2) is 4.98 Å². The Hall–Kier alpha value is -2.99. The molecule has 6 heteroatoms. The summed E-state index contributed by atoms with van der Waals surface area (Å²) < 4.78 is 3.21. The zero-order valence-corrected chi connectivity index (χ0v) is 17.0. The van der Waals surface area contributed by atoms with Gasteiger partial charge < -0.3 is 9.47 Å². The summed E-state index contributed by atoms with van der Waals surface area (Å²) in [5.41, 5.74) is 3.72. The standard InChI is InChI=1S/C22H19BrN4O/c1-26(22(28)17-7-5-11-24-13-17)15-21-25-19-9-2-3-10-20(19)27(21)14-16-6-4-8-18(23)12-16/h2-13H,14-15H2,1H3. The number of halogens is 1. The molecule has 0 aliphatic carbocycles. The number of rotatable bonds is 5. The maximum atomic E-state index is 12.7. The summed E-state index contributed by atoms with van der Waals surface area (Å²) in [5, 5.41) is 0. The second kappa shape index (κ2) is 7.94. The lowest BCUT2D eigenvalue weighted by atomic mass is 10.2. The summed E-state index contributed by atoms with van der Waals surface area (Å²) in [6.07, 6.45) is 3.25. The van der Waals surface area contributed by atoms with E-state index >= 15 is 0 Å². The third kappa shape index (κ3) is 3.82. The van der Waals surface area contributed by atoms with Gasteiger partial charge in [-0.1, -0.05) is 40.2 Å². The van der Waals surface area contributed by atoms with E-state index in [1.54, 1.807) is 36.5 Å². The van der Waals surface area contributed by atoms with Gasteiger partial charge in [-0.2, -0.15) is 0 Å². The molecule has 2 heterocycles. The van der Waals surface area contributed by atoms with Crippen LogP contribution >= 0.6 is 15.9 Å². The highest BCUT2D eigenvalue weighted by Crippen LogP contribution is 2.21. The molecule has 4 aromatic rings. The van der Waals surface area contributed by atoms with Crippen molar-refractivity contribution < 1.29 is 4.79 Å². The second-order valence-corrected chi connectivity index (χ2v) is 7.55. The van der Waals surface area contributed by atoms with Crippen LogP contribution in [0.25, 0.3) is 11.0 Å². The summed E-state index contributed by atoms with van der Waals surface area (Å²) in [6, 6.07) is 19.8. The maximum Gasteiger partial charge on any atom is 0.255 e. The third-order valence-corrected chi connectivity index (χ3v) is 5.09. The summed E-state index contributed by atoms with van der Waals surface area (Å²) in [4.78, 5) is 23.2. The molecule has 4 rings (SSSR count). The first-order valence-corrected chi connectivity index (χ1v) is 9.75. The minimum absolute atomic E-state index is 0.0749. The summed E-state index contributed by atoms with van der Waals surface area (Å²) in [5.74, 6) is 0.773. The fourth-order valence-electron chi connectivity index (χ4n) is 3.23. The first-order valence-electron chi connectivity index (χ1n) is 8.96. The van der Waals surface area contributed by atoms with Crippen LogP contribution in [0.15, 0.2) is 77.5 Å². The molecule has 1 amide bonds. The Labute approximate surface area is 171 Å². The van der Waals surface area contributed by atoms with Crippen LogP contribution in [-0.4, -0.2) is 32.4 Å². The first kappa shape index (κ1) is 18.4. The van der Waals surface area contributed by atoms with Gasteiger partial charge in [0.2, 0.25) is 0 Å². The van der Waals surface area contributed by atoms with Gasteiger partial charge in [0.15, 0.2) is 0 Å². The van der Waals surface area contributed by atoms with Crippen LogP contribution in [0.5, 0.6) is 0 Å². The Morgan fingerprint density at radius 2 is 1.96 bits per heavy atom. The molecular formula is C22H19BrN4O. The molecule has 140 valence electrons. The van der Waals surface area contributed by atoms with Crippen molar-refractivity contribution in [1.29, 1.82) is 0 Å². The number of benzene rings is 2. The van der Waals surface area contributed by atoms with Gasteiger partial charge in [-0.05, 0) is 42.0 Å². The molecule has 2 aromatic heterocycles. The number of fused-ring (bicyclic) bond motifs is 1. The van der Waals surface area contributed by atoms with Crippen LogP contribution < -0.4 is 0 Å². The number of carbonyl (C=O) groups excluding carboxylic acids is 1. The summed E-state index contributed by atoms with van der Waals surface area (Å²) >= 11 is 3.54. The van der Waals surface area contributed by atoms with Gasteiger partial charge in [0.05, 0.1) is 23.1 Å². The van der Waals surface area contributed by atoms with Crippen molar-refractivity contribution in [3.05, 3.63) is 94.5 Å². The van der Waals surface area contributed by atoms with Crippen LogP contribution in [0.2, 0.25) is 0 Å². The van der Waals surface area contributed by atoms with Crippen molar-refractivity contribution in [1.82, 2.24) is 19.4 Å². The zero-order valence-electron chi connectivity index (χ0n) is 15.4. The van der Waals surface area contributed by atoms with Gasteiger partial charge in [-0.15, -0.1) is 0 Å². The van der Waals surface area contributed by atoms with Crippen LogP contribution in [0.1, 0.15) is 21.7 Å². The zero-order chi connectivity index (χ0) is 19.5. The highest BCUT2D eigenvalue weighted by molar-refractivity contribution is 9.10. The summed E-state index contributed by atoms with van der Waals surface area (Å²) in [6.45, 7) is 1.10. The first-order chi connectivity index (χ1) is 13.6. The quantitative estimate of drug-likeness (QED) is 0.464. The van der Waals surface area contributed by atoms with Crippen LogP contribution in [0, 0.1) is 0 Å². The minimum atomic E-state index is -0.0749. The van der Waals surface area contributed by atoms with Crippen LogP contribution in [0.4, 0.5) is 0 Å². The van der Waals surface area contributed by atoms with Crippen molar-refractivity contribution in [2.24, 2.45) is 0 Å². The lowest BCUT2D eigenvalue weighted by Gasteiger charge is -2.18. The number of hydrogen-bond donors (Lipinski definition) is 0. The normalized spacial score (nSPS) is 10.9. The van der Waals surface area contributed by atoms with Gasteiger partial charge in [-0.3, -0.25) is 9.78 Å². The molecule has 0 bridgehead atoms. The number of amides is 1. The lowest BCUT2D eigenvalue weighted by Crippen LogP contribution is -2.28. The van der Waals surface area contributed by atoms with E-state index in [2.05, 4.69) is 43.7 Å². The second-order valence-electron chi connectivity index (χ2n) is 6.64. The molecule has 0 radical (unpaired) electrons. The number of hydrogen-bond acceptors (Lipinski definition) is 3. The predicted molar refractivity (Wildman–Crippen MR) is 113 cm³/mol. The number of pyridine rings is 1. The molecule has 0 spiro atoms. The number of nitrogens with zero attached hydrogens (tertiary/aromatic N) is 4. The van der Waals surface area contributed by atoms with E-state index in [0.717, 1.165) is 21.3 Å². The smallest absolute Gasteiger partial charge is 0.255 e. The van der Waals surface area contributed by atoms with E-state index in [1.807, 2.05) is 30.3 Å². The lowest BCUT2D eigenvalue weighted by molar-refractivity contribution is 0.0780. The molecule has 0 N–H and O–H groups in total. The van der Waals surface area contributed by atoms with Gasteiger partial charge in [0.25, 0.3) is 5.91 Å². The van der Waals surface area contributed by atoms with E-state index in [0.29, 0.717) is 18.7 Å². The van der Waals surface area contributed by atoms with Crippen LogP contribution in [-0.2, 0) is 13.1 Å². The molecular weight excluding hydrogens is 416 g/mol. The monoisotopic (exact) mass is 434 g/mol. The molecule has 5 nitrogen and oxygen atoms in total. The van der Waals surface area contributed by atoms with E-state index in [-0.39, 0.29) is 5.91 Å². The molecule has 0 aliphatic rings. The Bertz CT molecular complexity index is 1120. The Morgan fingerprint density at radius 1 is 1.11 bits per heavy atom. The topological polar surface area (TPSA) is 51.0 Å². The minimum Gasteiger partial charge on any atom is -0.334 e. The van der Waals surface area contributed by atoms with E-state index in [9.17, 15) is 4.79 Å². The van der Waals surface area contributed by atoms with E-state index in [4.69, 9.17) is 4.98 Å². The largest absolute Gasteiger partial charge is 0.334 e. The molecule has 28 heavy (non-hydrogen) atoms. The highest BCUT2D eigenvalue weighted by Gasteiger charge is 2.17. The van der Waals surface area contributed by atoms with Gasteiger partial charge >= 0.3 is 0 Å². The average molecular weight is 435 g/mol. The number of imidazole rings is 1. The van der Waals surface area contributed by atoms with Gasteiger partial charge in [0.1, 0.15) is 5.82 Å².